The number of methoxy groups -OCH3 is 1. The van der Waals surface area contributed by atoms with Crippen LogP contribution >= 0.6 is 0 Å². The summed E-state index contributed by atoms with van der Waals surface area (Å²) in [7, 11) is 1.48. The van der Waals surface area contributed by atoms with Gasteiger partial charge in [0, 0.05) is 6.20 Å². The number of hydrogen-bond acceptors (Lipinski definition) is 4. The number of aliphatic hydroxyl groups is 1. The number of ketones is 1. The first kappa shape index (κ1) is 10.1. The third kappa shape index (κ3) is 1.99. The average Bonchev–Trinajstić information content (AvgIpc) is 3.11. The first-order valence-electron chi connectivity index (χ1n) is 4.95. The van der Waals surface area contributed by atoms with Gasteiger partial charge in [0.15, 0.2) is 5.69 Å². The lowest BCUT2D eigenvalue weighted by molar-refractivity contribution is 0.0695. The molecule has 1 unspecified atom stereocenters. The number of carbonyl (C=O) groups is 1. The third-order valence-corrected chi connectivity index (χ3v) is 2.56. The summed E-state index contributed by atoms with van der Waals surface area (Å²) in [4.78, 5) is 15.8. The molecule has 80 valence electrons. The molecular formula is C11H13NO3. The highest BCUT2D eigenvalue weighted by Gasteiger charge is 2.36. The lowest BCUT2D eigenvalue weighted by Gasteiger charge is -2.09. The minimum absolute atomic E-state index is 0.115. The van der Waals surface area contributed by atoms with Crippen molar-refractivity contribution in [3.05, 3.63) is 24.0 Å². The number of Topliss-reactive ketones (excluding diaryl/α,β-unsaturated/α-hetero) is 1. The topological polar surface area (TPSA) is 59.4 Å². The maximum Gasteiger partial charge on any atom is 0.213 e. The number of hydrogen-bond donors (Lipinski definition) is 1. The molecule has 1 aliphatic rings. The van der Waals surface area contributed by atoms with Gasteiger partial charge in [0.05, 0.1) is 7.11 Å². The average molecular weight is 207 g/mol. The second-order valence-electron chi connectivity index (χ2n) is 3.70. The minimum Gasteiger partial charge on any atom is -0.494 e. The van der Waals surface area contributed by atoms with Crippen molar-refractivity contribution < 1.29 is 14.6 Å². The second kappa shape index (κ2) is 3.98. The van der Waals surface area contributed by atoms with Gasteiger partial charge in [-0.3, -0.25) is 4.79 Å². The molecule has 1 aromatic rings. The van der Waals surface area contributed by atoms with Gasteiger partial charge in [-0.2, -0.15) is 0 Å². The van der Waals surface area contributed by atoms with E-state index in [1.54, 1.807) is 12.1 Å². The minimum atomic E-state index is -0.922. The maximum absolute atomic E-state index is 11.8. The van der Waals surface area contributed by atoms with E-state index in [1.807, 2.05) is 0 Å². The van der Waals surface area contributed by atoms with Crippen LogP contribution in [0.2, 0.25) is 0 Å². The van der Waals surface area contributed by atoms with E-state index in [1.165, 1.54) is 13.3 Å². The van der Waals surface area contributed by atoms with Crippen LogP contribution in [-0.4, -0.2) is 29.1 Å². The highest BCUT2D eigenvalue weighted by Crippen LogP contribution is 2.34. The SMILES string of the molecule is COc1cccnc1C(=O)C(O)C1CC1. The van der Waals surface area contributed by atoms with Gasteiger partial charge < -0.3 is 9.84 Å². The van der Waals surface area contributed by atoms with Gasteiger partial charge in [0.1, 0.15) is 11.9 Å². The van der Waals surface area contributed by atoms with Crippen LogP contribution in [0.4, 0.5) is 0 Å². The smallest absolute Gasteiger partial charge is 0.213 e. The molecule has 4 heteroatoms. The van der Waals surface area contributed by atoms with Crippen LogP contribution in [0, 0.1) is 5.92 Å². The fraction of sp³-hybridized carbons (Fsp3) is 0.455. The Balaban J connectivity index is 2.23. The zero-order valence-corrected chi connectivity index (χ0v) is 8.51. The van der Waals surface area contributed by atoms with Crippen LogP contribution in [0.3, 0.4) is 0 Å². The molecular weight excluding hydrogens is 194 g/mol. The molecule has 1 aromatic heterocycles. The van der Waals surface area contributed by atoms with Crippen LogP contribution < -0.4 is 4.74 Å². The van der Waals surface area contributed by atoms with Crippen LogP contribution in [0.5, 0.6) is 5.75 Å². The molecule has 15 heavy (non-hydrogen) atoms. The Kier molecular flexibility index (Phi) is 2.68. The standard InChI is InChI=1S/C11H13NO3/c1-15-8-3-2-6-12-9(8)11(14)10(13)7-4-5-7/h2-3,6-7,10,13H,4-5H2,1H3. The van der Waals surface area contributed by atoms with E-state index in [0.29, 0.717) is 5.75 Å². The Morgan fingerprint density at radius 2 is 2.40 bits per heavy atom. The number of nitrogens with zero attached hydrogens (tertiary/aromatic N) is 1. The first-order valence-corrected chi connectivity index (χ1v) is 4.95. The van der Waals surface area contributed by atoms with Gasteiger partial charge in [-0.15, -0.1) is 0 Å². The summed E-state index contributed by atoms with van der Waals surface area (Å²) in [5.41, 5.74) is 0.222. The molecule has 0 aromatic carbocycles. The van der Waals surface area contributed by atoms with Crippen LogP contribution in [0.25, 0.3) is 0 Å². The van der Waals surface area contributed by atoms with E-state index < -0.39 is 6.10 Å². The summed E-state index contributed by atoms with van der Waals surface area (Å²) < 4.78 is 5.02. The van der Waals surface area contributed by atoms with Gasteiger partial charge in [-0.1, -0.05) is 0 Å². The number of rotatable bonds is 4. The van der Waals surface area contributed by atoms with Crippen molar-refractivity contribution >= 4 is 5.78 Å². The Morgan fingerprint density at radius 1 is 1.67 bits per heavy atom. The van der Waals surface area contributed by atoms with Gasteiger partial charge in [-0.25, -0.2) is 4.98 Å². The number of carbonyl (C=O) groups excluding carboxylic acids is 1. The quantitative estimate of drug-likeness (QED) is 0.749. The highest BCUT2D eigenvalue weighted by molar-refractivity contribution is 6.00. The van der Waals surface area contributed by atoms with Crippen LogP contribution in [0.1, 0.15) is 23.3 Å². The fourth-order valence-electron chi connectivity index (χ4n) is 1.51. The maximum atomic E-state index is 11.8. The molecule has 1 aliphatic carbocycles. The molecule has 0 bridgehead atoms. The van der Waals surface area contributed by atoms with Crippen molar-refractivity contribution in [3.8, 4) is 5.75 Å². The van der Waals surface area contributed by atoms with E-state index in [4.69, 9.17) is 4.74 Å². The molecule has 2 rings (SSSR count). The second-order valence-corrected chi connectivity index (χ2v) is 3.70. The number of aromatic nitrogens is 1. The lowest BCUT2D eigenvalue weighted by Crippen LogP contribution is -2.24. The summed E-state index contributed by atoms with van der Waals surface area (Å²) in [5.74, 6) is 0.196. The largest absolute Gasteiger partial charge is 0.494 e. The summed E-state index contributed by atoms with van der Waals surface area (Å²) in [6, 6.07) is 3.36. The summed E-state index contributed by atoms with van der Waals surface area (Å²) in [6.45, 7) is 0. The summed E-state index contributed by atoms with van der Waals surface area (Å²) in [5, 5.41) is 9.69. The van der Waals surface area contributed by atoms with Crippen LogP contribution in [0.15, 0.2) is 18.3 Å². The van der Waals surface area contributed by atoms with E-state index >= 15 is 0 Å². The molecule has 0 amide bonds. The van der Waals surface area contributed by atoms with E-state index in [9.17, 15) is 9.90 Å². The first-order chi connectivity index (χ1) is 7.24. The summed E-state index contributed by atoms with van der Waals surface area (Å²) >= 11 is 0. The number of aliphatic hydroxyl groups excluding tert-OH is 1. The molecule has 4 nitrogen and oxygen atoms in total. The van der Waals surface area contributed by atoms with Crippen LogP contribution in [-0.2, 0) is 0 Å². The van der Waals surface area contributed by atoms with E-state index in [2.05, 4.69) is 4.98 Å². The van der Waals surface area contributed by atoms with Crippen molar-refractivity contribution in [2.75, 3.05) is 7.11 Å². The van der Waals surface area contributed by atoms with Gasteiger partial charge in [-0.05, 0) is 30.9 Å². The van der Waals surface area contributed by atoms with Crippen molar-refractivity contribution in [3.63, 3.8) is 0 Å². The zero-order chi connectivity index (χ0) is 10.8. The van der Waals surface area contributed by atoms with Gasteiger partial charge in [0.2, 0.25) is 5.78 Å². The number of ether oxygens (including phenoxy) is 1. The predicted molar refractivity (Wildman–Crippen MR) is 53.9 cm³/mol. The van der Waals surface area contributed by atoms with E-state index in [-0.39, 0.29) is 17.4 Å². The molecule has 1 saturated carbocycles. The normalized spacial score (nSPS) is 17.2. The van der Waals surface area contributed by atoms with Crippen molar-refractivity contribution in [2.45, 2.75) is 18.9 Å². The molecule has 1 heterocycles. The Morgan fingerprint density at radius 3 is 3.00 bits per heavy atom. The van der Waals surface area contributed by atoms with Gasteiger partial charge >= 0.3 is 0 Å². The molecule has 1 atom stereocenters. The molecule has 1 N–H and O–H groups in total. The molecule has 0 spiro atoms. The van der Waals surface area contributed by atoms with Gasteiger partial charge in [0.25, 0.3) is 0 Å². The molecule has 1 fully saturated rings. The highest BCUT2D eigenvalue weighted by atomic mass is 16.5. The fourth-order valence-corrected chi connectivity index (χ4v) is 1.51. The van der Waals surface area contributed by atoms with E-state index in [0.717, 1.165) is 12.8 Å². The lowest BCUT2D eigenvalue weighted by atomic mass is 10.1. The molecule has 0 aliphatic heterocycles. The molecule has 0 radical (unpaired) electrons. The van der Waals surface area contributed by atoms with Crippen molar-refractivity contribution in [2.24, 2.45) is 5.92 Å². The predicted octanol–water partition coefficient (Wildman–Crippen LogP) is 1.04. The monoisotopic (exact) mass is 207 g/mol. The Bertz CT molecular complexity index is 374. The Hall–Kier alpha value is -1.42. The Labute approximate surface area is 87.9 Å². The number of pyridine rings is 1. The third-order valence-electron chi connectivity index (χ3n) is 2.56. The zero-order valence-electron chi connectivity index (χ0n) is 8.51. The summed E-state index contributed by atoms with van der Waals surface area (Å²) in [6.07, 6.45) is 2.44. The van der Waals surface area contributed by atoms with Crippen molar-refractivity contribution in [1.82, 2.24) is 4.98 Å². The van der Waals surface area contributed by atoms with Crippen molar-refractivity contribution in [1.29, 1.82) is 0 Å². The molecule has 0 saturated heterocycles.